The largest absolute Gasteiger partial charge is 0.496 e. The molecule has 0 unspecified atom stereocenters. The van der Waals surface area contributed by atoms with Crippen LogP contribution in [0, 0.1) is 6.92 Å². The number of halogens is 1. The van der Waals surface area contributed by atoms with Crippen LogP contribution in [0.2, 0.25) is 5.02 Å². The van der Waals surface area contributed by atoms with Crippen LogP contribution in [0.1, 0.15) is 21.5 Å². The topological polar surface area (TPSA) is 65.4 Å². The minimum atomic E-state index is -0.217. The van der Waals surface area contributed by atoms with E-state index in [1.807, 2.05) is 25.3 Å². The van der Waals surface area contributed by atoms with E-state index in [4.69, 9.17) is 21.1 Å². The molecule has 0 aliphatic heterocycles. The molecular weight excluding hydrogens is 366 g/mol. The van der Waals surface area contributed by atoms with Crippen LogP contribution in [-0.4, -0.2) is 29.9 Å². The summed E-state index contributed by atoms with van der Waals surface area (Å²) in [6, 6.07) is 10.8. The predicted molar refractivity (Wildman–Crippen MR) is 104 cm³/mol. The number of carbonyl (C=O) groups is 1. The molecule has 1 heterocycles. The molecule has 2 aromatic carbocycles. The minimum absolute atomic E-state index is 0.217. The Morgan fingerprint density at radius 2 is 1.78 bits per heavy atom. The summed E-state index contributed by atoms with van der Waals surface area (Å²) in [5.41, 5.74) is 3.09. The number of nitrogens with zero attached hydrogens (tertiary/aromatic N) is 2. The number of carbonyl (C=O) groups excluding carboxylic acids is 1. The molecule has 3 aromatic rings. The predicted octanol–water partition coefficient (Wildman–Crippen LogP) is 3.78. The van der Waals surface area contributed by atoms with E-state index in [2.05, 4.69) is 10.4 Å². The van der Waals surface area contributed by atoms with E-state index in [1.54, 1.807) is 49.4 Å². The molecule has 0 bridgehead atoms. The Morgan fingerprint density at radius 3 is 2.37 bits per heavy atom. The molecule has 1 N–H and O–H groups in total. The van der Waals surface area contributed by atoms with Crippen molar-refractivity contribution in [3.8, 4) is 17.2 Å². The Kier molecular flexibility index (Phi) is 5.66. The molecule has 7 heteroatoms. The van der Waals surface area contributed by atoms with Gasteiger partial charge in [-0.1, -0.05) is 11.6 Å². The van der Waals surface area contributed by atoms with E-state index in [9.17, 15) is 4.79 Å². The average Bonchev–Trinajstić information content (AvgIpc) is 3.16. The van der Waals surface area contributed by atoms with Crippen LogP contribution in [0.4, 0.5) is 0 Å². The molecule has 3 rings (SSSR count). The number of benzene rings is 2. The molecule has 1 aromatic heterocycles. The molecule has 140 valence electrons. The van der Waals surface area contributed by atoms with Gasteiger partial charge in [0.1, 0.15) is 11.5 Å². The summed E-state index contributed by atoms with van der Waals surface area (Å²) in [4.78, 5) is 12.5. The van der Waals surface area contributed by atoms with Gasteiger partial charge in [0.15, 0.2) is 0 Å². The van der Waals surface area contributed by atoms with Crippen molar-refractivity contribution in [2.45, 2.75) is 13.5 Å². The van der Waals surface area contributed by atoms with Crippen molar-refractivity contribution < 1.29 is 14.3 Å². The van der Waals surface area contributed by atoms with Crippen LogP contribution in [0.3, 0.4) is 0 Å². The van der Waals surface area contributed by atoms with Gasteiger partial charge in [-0.05, 0) is 43.3 Å². The van der Waals surface area contributed by atoms with Crippen LogP contribution in [0.25, 0.3) is 5.69 Å². The lowest BCUT2D eigenvalue weighted by Crippen LogP contribution is -2.22. The summed E-state index contributed by atoms with van der Waals surface area (Å²) < 4.78 is 12.4. The number of nitrogens with one attached hydrogen (secondary N) is 1. The van der Waals surface area contributed by atoms with E-state index in [0.717, 1.165) is 16.8 Å². The third kappa shape index (κ3) is 4.23. The highest BCUT2D eigenvalue weighted by Crippen LogP contribution is 2.29. The molecular formula is C20H20ClN3O3. The van der Waals surface area contributed by atoms with Crippen LogP contribution in [-0.2, 0) is 6.54 Å². The van der Waals surface area contributed by atoms with Crippen LogP contribution < -0.4 is 14.8 Å². The first-order chi connectivity index (χ1) is 13.0. The molecule has 0 atom stereocenters. The highest BCUT2D eigenvalue weighted by molar-refractivity contribution is 6.30. The minimum Gasteiger partial charge on any atom is -0.496 e. The summed E-state index contributed by atoms with van der Waals surface area (Å²) in [5.74, 6) is 0.996. The first-order valence-electron chi connectivity index (χ1n) is 8.32. The molecule has 0 fully saturated rings. The zero-order chi connectivity index (χ0) is 19.4. The summed E-state index contributed by atoms with van der Waals surface area (Å²) >= 11 is 5.91. The second-order valence-electron chi connectivity index (χ2n) is 5.96. The fourth-order valence-electron chi connectivity index (χ4n) is 2.69. The smallest absolute Gasteiger partial charge is 0.251 e. The van der Waals surface area contributed by atoms with Crippen molar-refractivity contribution in [2.75, 3.05) is 14.2 Å². The molecule has 6 nitrogen and oxygen atoms in total. The van der Waals surface area contributed by atoms with Crippen molar-refractivity contribution in [1.29, 1.82) is 0 Å². The van der Waals surface area contributed by atoms with Gasteiger partial charge in [0.05, 0.1) is 26.1 Å². The Bertz CT molecular complexity index is 926. The van der Waals surface area contributed by atoms with Crippen LogP contribution in [0.15, 0.2) is 48.8 Å². The van der Waals surface area contributed by atoms with Crippen molar-refractivity contribution in [3.63, 3.8) is 0 Å². The quantitative estimate of drug-likeness (QED) is 0.701. The lowest BCUT2D eigenvalue weighted by molar-refractivity contribution is 0.0950. The Morgan fingerprint density at radius 1 is 1.15 bits per heavy atom. The summed E-state index contributed by atoms with van der Waals surface area (Å²) in [5, 5.41) is 7.87. The van der Waals surface area contributed by atoms with E-state index in [0.29, 0.717) is 28.6 Å². The normalized spacial score (nSPS) is 10.5. The first kappa shape index (κ1) is 18.8. The van der Waals surface area contributed by atoms with Crippen molar-refractivity contribution in [3.05, 3.63) is 70.5 Å². The van der Waals surface area contributed by atoms with Crippen molar-refractivity contribution in [2.24, 2.45) is 0 Å². The van der Waals surface area contributed by atoms with Gasteiger partial charge in [-0.3, -0.25) is 4.79 Å². The van der Waals surface area contributed by atoms with Crippen molar-refractivity contribution in [1.82, 2.24) is 15.1 Å². The van der Waals surface area contributed by atoms with Gasteiger partial charge in [-0.15, -0.1) is 0 Å². The molecule has 1 amide bonds. The maximum Gasteiger partial charge on any atom is 0.251 e. The van der Waals surface area contributed by atoms with Gasteiger partial charge < -0.3 is 14.8 Å². The van der Waals surface area contributed by atoms with Crippen LogP contribution >= 0.6 is 11.6 Å². The Labute approximate surface area is 162 Å². The maximum absolute atomic E-state index is 12.5. The number of rotatable bonds is 6. The number of amides is 1. The summed E-state index contributed by atoms with van der Waals surface area (Å²) in [6.45, 7) is 2.23. The molecule has 27 heavy (non-hydrogen) atoms. The molecule has 0 radical (unpaired) electrons. The number of hydrogen-bond acceptors (Lipinski definition) is 4. The average molecular weight is 386 g/mol. The molecule has 0 saturated heterocycles. The molecule has 0 aliphatic rings. The summed E-state index contributed by atoms with van der Waals surface area (Å²) in [6.07, 6.45) is 3.57. The van der Waals surface area contributed by atoms with Crippen molar-refractivity contribution >= 4 is 17.5 Å². The van der Waals surface area contributed by atoms with E-state index < -0.39 is 0 Å². The summed E-state index contributed by atoms with van der Waals surface area (Å²) in [7, 11) is 3.13. The molecule has 0 spiro atoms. The van der Waals surface area contributed by atoms with Gasteiger partial charge >= 0.3 is 0 Å². The van der Waals surface area contributed by atoms with Gasteiger partial charge in [0.2, 0.25) is 0 Å². The van der Waals surface area contributed by atoms with Crippen LogP contribution in [0.5, 0.6) is 11.5 Å². The van der Waals surface area contributed by atoms with E-state index >= 15 is 0 Å². The standard InChI is InChI=1S/C20H20ClN3O3/c1-13-18(26-2)8-15(9-19(13)27-3)20(25)22-10-14-11-23-24(12-14)17-6-4-16(21)5-7-17/h4-9,11-12H,10H2,1-3H3,(H,22,25). The molecule has 0 saturated carbocycles. The third-order valence-corrected chi connectivity index (χ3v) is 4.45. The van der Waals surface area contributed by atoms with Gasteiger partial charge in [-0.25, -0.2) is 4.68 Å². The monoisotopic (exact) mass is 385 g/mol. The SMILES string of the molecule is COc1cc(C(=O)NCc2cnn(-c3ccc(Cl)cc3)c2)cc(OC)c1C. The number of hydrogen-bond donors (Lipinski definition) is 1. The molecule has 0 aliphatic carbocycles. The third-order valence-electron chi connectivity index (χ3n) is 4.19. The highest BCUT2D eigenvalue weighted by atomic mass is 35.5. The van der Waals surface area contributed by atoms with Gasteiger partial charge in [0, 0.05) is 34.5 Å². The Hall–Kier alpha value is -2.99. The maximum atomic E-state index is 12.5. The van der Waals surface area contributed by atoms with Gasteiger partial charge in [0.25, 0.3) is 5.91 Å². The highest BCUT2D eigenvalue weighted by Gasteiger charge is 2.14. The fraction of sp³-hybridized carbons (Fsp3) is 0.200. The lowest BCUT2D eigenvalue weighted by atomic mass is 10.1. The van der Waals surface area contributed by atoms with E-state index in [-0.39, 0.29) is 5.91 Å². The zero-order valence-corrected chi connectivity index (χ0v) is 16.1. The fourth-order valence-corrected chi connectivity index (χ4v) is 2.81. The number of ether oxygens (including phenoxy) is 2. The number of methoxy groups -OCH3 is 2. The second-order valence-corrected chi connectivity index (χ2v) is 6.39. The number of aromatic nitrogens is 2. The van der Waals surface area contributed by atoms with E-state index in [1.165, 1.54) is 0 Å². The van der Waals surface area contributed by atoms with Gasteiger partial charge in [-0.2, -0.15) is 5.10 Å². The zero-order valence-electron chi connectivity index (χ0n) is 15.3. The lowest BCUT2D eigenvalue weighted by Gasteiger charge is -2.12. The first-order valence-corrected chi connectivity index (χ1v) is 8.70. The Balaban J connectivity index is 1.70. The second kappa shape index (κ2) is 8.14.